The van der Waals surface area contributed by atoms with Gasteiger partial charge in [-0.05, 0) is 62.6 Å². The van der Waals surface area contributed by atoms with Gasteiger partial charge >= 0.3 is 6.09 Å². The molecule has 202 valence electrons. The lowest BCUT2D eigenvalue weighted by atomic mass is 9.82. The van der Waals surface area contributed by atoms with Crippen molar-refractivity contribution < 1.29 is 27.1 Å². The fourth-order valence-electron chi connectivity index (χ4n) is 4.74. The highest BCUT2D eigenvalue weighted by molar-refractivity contribution is 7.88. The molecule has 7 nitrogen and oxygen atoms in total. The lowest BCUT2D eigenvalue weighted by Gasteiger charge is -2.33. The van der Waals surface area contributed by atoms with E-state index in [1.165, 1.54) is 19.6 Å². The van der Waals surface area contributed by atoms with Gasteiger partial charge in [0.05, 0.1) is 32.1 Å². The number of methoxy groups -OCH3 is 1. The third-order valence-corrected chi connectivity index (χ3v) is 6.87. The molecule has 0 radical (unpaired) electrons. The molecular formula is C26H45FN2O5S. The molecule has 1 saturated heterocycles. The van der Waals surface area contributed by atoms with Crippen molar-refractivity contribution in [1.82, 2.24) is 9.62 Å². The Bertz CT molecular complexity index is 859. The van der Waals surface area contributed by atoms with Crippen LogP contribution in [0.25, 0.3) is 0 Å². The van der Waals surface area contributed by atoms with Gasteiger partial charge < -0.3 is 9.47 Å². The zero-order valence-electron chi connectivity index (χ0n) is 22.4. The topological polar surface area (TPSA) is 84.9 Å². The Kier molecular flexibility index (Phi) is 13.8. The zero-order valence-corrected chi connectivity index (χ0v) is 23.2. The van der Waals surface area contributed by atoms with Gasteiger partial charge in [0.25, 0.3) is 0 Å². The van der Waals surface area contributed by atoms with Crippen molar-refractivity contribution in [3.05, 3.63) is 35.6 Å². The maximum absolute atomic E-state index is 13.5. The summed E-state index contributed by atoms with van der Waals surface area (Å²) in [5.74, 6) is 0.104. The van der Waals surface area contributed by atoms with E-state index in [9.17, 15) is 17.6 Å². The Morgan fingerprint density at radius 2 is 1.77 bits per heavy atom. The molecule has 3 rings (SSSR count). The summed E-state index contributed by atoms with van der Waals surface area (Å²) in [5, 5.41) is 0. The van der Waals surface area contributed by atoms with Crippen LogP contribution in [0.15, 0.2) is 24.3 Å². The molecule has 1 aromatic carbocycles. The van der Waals surface area contributed by atoms with E-state index in [2.05, 4.69) is 18.6 Å². The lowest BCUT2D eigenvalue weighted by molar-refractivity contribution is -0.00860. The Morgan fingerprint density at radius 3 is 2.29 bits per heavy atom. The van der Waals surface area contributed by atoms with Crippen LogP contribution in [-0.4, -0.2) is 63.6 Å². The molecule has 0 aromatic heterocycles. The van der Waals surface area contributed by atoms with Gasteiger partial charge in [0.15, 0.2) is 0 Å². The molecule has 1 aliphatic heterocycles. The monoisotopic (exact) mass is 516 g/mol. The molecule has 35 heavy (non-hydrogen) atoms. The van der Waals surface area contributed by atoms with Gasteiger partial charge in [-0.25, -0.2) is 22.3 Å². The van der Waals surface area contributed by atoms with Crippen LogP contribution < -0.4 is 4.72 Å². The molecule has 3 atom stereocenters. The summed E-state index contributed by atoms with van der Waals surface area (Å²) in [7, 11) is -2.10. The van der Waals surface area contributed by atoms with Gasteiger partial charge in [-0.3, -0.25) is 4.90 Å². The van der Waals surface area contributed by atoms with Crippen molar-refractivity contribution in [2.24, 2.45) is 0 Å². The first-order valence-electron chi connectivity index (χ1n) is 12.8. The number of benzene rings is 1. The average molecular weight is 517 g/mol. The van der Waals surface area contributed by atoms with Gasteiger partial charge in [-0.15, -0.1) is 0 Å². The molecule has 1 saturated carbocycles. The Labute approximate surface area is 211 Å². The van der Waals surface area contributed by atoms with Gasteiger partial charge in [-0.2, -0.15) is 0 Å². The second-order valence-electron chi connectivity index (χ2n) is 9.09. The van der Waals surface area contributed by atoms with Gasteiger partial charge in [-0.1, -0.05) is 46.2 Å². The van der Waals surface area contributed by atoms with E-state index in [1.807, 2.05) is 26.8 Å². The van der Waals surface area contributed by atoms with Crippen molar-refractivity contribution in [1.29, 1.82) is 0 Å². The minimum Gasteiger partial charge on any atom is -0.453 e. The quantitative estimate of drug-likeness (QED) is 0.543. The number of ether oxygens (including phenoxy) is 2. The molecule has 1 N–H and O–H groups in total. The molecule has 3 unspecified atom stereocenters. The molecule has 1 heterocycles. The van der Waals surface area contributed by atoms with Crippen LogP contribution in [0, 0.1) is 5.82 Å². The summed E-state index contributed by atoms with van der Waals surface area (Å²) >= 11 is 0. The van der Waals surface area contributed by atoms with Crippen LogP contribution in [0.3, 0.4) is 0 Å². The van der Waals surface area contributed by atoms with E-state index in [4.69, 9.17) is 9.47 Å². The first-order chi connectivity index (χ1) is 16.6. The predicted octanol–water partition coefficient (Wildman–Crippen LogP) is 5.46. The van der Waals surface area contributed by atoms with E-state index in [0.29, 0.717) is 12.3 Å². The van der Waals surface area contributed by atoms with E-state index in [-0.39, 0.29) is 24.6 Å². The summed E-state index contributed by atoms with van der Waals surface area (Å²) in [6.07, 6.45) is 5.90. The highest BCUT2D eigenvalue weighted by Gasteiger charge is 2.44. The Hall–Kier alpha value is -1.71. The van der Waals surface area contributed by atoms with Crippen LogP contribution in [0.2, 0.25) is 0 Å². The number of sulfonamides is 1. The SMILES string of the molecule is CC.CCC.COC(=O)N1C(C)CC(NS(C)(=O)=O)C1COC1CCC(c2cccc(F)c2)CC1. The summed E-state index contributed by atoms with van der Waals surface area (Å²) in [6.45, 7) is 10.4. The molecule has 2 fully saturated rings. The first kappa shape index (κ1) is 31.3. The molecular weight excluding hydrogens is 471 g/mol. The van der Waals surface area contributed by atoms with Gasteiger partial charge in [0.1, 0.15) is 5.82 Å². The van der Waals surface area contributed by atoms with Crippen LogP contribution >= 0.6 is 0 Å². The fourth-order valence-corrected chi connectivity index (χ4v) is 5.54. The molecule has 1 amide bonds. The summed E-state index contributed by atoms with van der Waals surface area (Å²) in [6, 6.07) is 5.75. The van der Waals surface area contributed by atoms with Crippen LogP contribution in [0.4, 0.5) is 9.18 Å². The third-order valence-electron chi connectivity index (χ3n) is 6.14. The fraction of sp³-hybridized carbons (Fsp3) is 0.731. The standard InChI is InChI=1S/C21H31FN2O5S.C3H8.C2H6/c1-14-11-19(23-30(3,26)27)20(24(14)21(25)28-2)13-29-18-9-7-15(8-10-18)16-5-4-6-17(22)12-16;1-3-2;1-2/h4-6,12,14-15,18-20,23H,7-11,13H2,1-3H3;3H2,1-2H3;1-2H3. The summed E-state index contributed by atoms with van der Waals surface area (Å²) < 4.78 is 50.7. The number of hydrogen-bond acceptors (Lipinski definition) is 5. The highest BCUT2D eigenvalue weighted by Crippen LogP contribution is 2.35. The number of amides is 1. The molecule has 9 heteroatoms. The number of hydrogen-bond donors (Lipinski definition) is 1. The minimum atomic E-state index is -3.42. The smallest absolute Gasteiger partial charge is 0.410 e. The van der Waals surface area contributed by atoms with Gasteiger partial charge in [0, 0.05) is 12.1 Å². The third kappa shape index (κ3) is 10.1. The van der Waals surface area contributed by atoms with Crippen LogP contribution in [0.5, 0.6) is 0 Å². The number of nitrogens with zero attached hydrogens (tertiary/aromatic N) is 1. The second-order valence-corrected chi connectivity index (χ2v) is 10.9. The van der Waals surface area contributed by atoms with E-state index < -0.39 is 28.2 Å². The number of rotatable bonds is 6. The zero-order chi connectivity index (χ0) is 26.6. The maximum Gasteiger partial charge on any atom is 0.410 e. The number of carbonyl (C=O) groups is 1. The van der Waals surface area contributed by atoms with Crippen LogP contribution in [-0.2, 0) is 19.5 Å². The van der Waals surface area contributed by atoms with Crippen molar-refractivity contribution in [3.8, 4) is 0 Å². The molecule has 0 spiro atoms. The van der Waals surface area contributed by atoms with Crippen LogP contribution in [0.1, 0.15) is 84.6 Å². The van der Waals surface area contributed by atoms with E-state index in [0.717, 1.165) is 37.5 Å². The number of carbonyl (C=O) groups excluding carboxylic acids is 1. The maximum atomic E-state index is 13.5. The predicted molar refractivity (Wildman–Crippen MR) is 139 cm³/mol. The molecule has 1 aliphatic carbocycles. The highest BCUT2D eigenvalue weighted by atomic mass is 32.2. The minimum absolute atomic E-state index is 0.0316. The van der Waals surface area contributed by atoms with E-state index >= 15 is 0 Å². The first-order valence-corrected chi connectivity index (χ1v) is 14.7. The summed E-state index contributed by atoms with van der Waals surface area (Å²) in [4.78, 5) is 13.8. The Morgan fingerprint density at radius 1 is 1.17 bits per heavy atom. The Balaban J connectivity index is 0.00000114. The molecule has 1 aromatic rings. The second kappa shape index (κ2) is 15.4. The summed E-state index contributed by atoms with van der Waals surface area (Å²) in [5.41, 5.74) is 1.02. The van der Waals surface area contributed by atoms with Crippen molar-refractivity contribution in [2.45, 2.75) is 103 Å². The van der Waals surface area contributed by atoms with Gasteiger partial charge in [0.2, 0.25) is 10.0 Å². The normalized spacial score (nSPS) is 26.2. The molecule has 0 bridgehead atoms. The van der Waals surface area contributed by atoms with E-state index in [1.54, 1.807) is 17.0 Å². The number of likely N-dealkylation sites (tertiary alicyclic amines) is 1. The number of nitrogens with one attached hydrogen (secondary N) is 1. The lowest BCUT2D eigenvalue weighted by Crippen LogP contribution is -2.50. The van der Waals surface area contributed by atoms with Crippen molar-refractivity contribution in [2.75, 3.05) is 20.0 Å². The van der Waals surface area contributed by atoms with Crippen molar-refractivity contribution >= 4 is 16.1 Å². The largest absolute Gasteiger partial charge is 0.453 e. The van der Waals surface area contributed by atoms with Crippen molar-refractivity contribution in [3.63, 3.8) is 0 Å². The molecule has 2 aliphatic rings. The number of halogens is 1. The average Bonchev–Trinajstić information content (AvgIpc) is 3.12.